The molecule has 0 aliphatic rings. The van der Waals surface area contributed by atoms with Gasteiger partial charge in [0.05, 0.1) is 17.1 Å². The molecule has 6 nitrogen and oxygen atoms in total. The van der Waals surface area contributed by atoms with E-state index in [1.165, 1.54) is 17.7 Å². The molecule has 0 saturated heterocycles. The zero-order valence-electron chi connectivity index (χ0n) is 13.9. The van der Waals surface area contributed by atoms with Gasteiger partial charge in [-0.2, -0.15) is 0 Å². The topological polar surface area (TPSA) is 90.9 Å². The van der Waals surface area contributed by atoms with E-state index in [2.05, 4.69) is 29.4 Å². The average Bonchev–Trinajstić information content (AvgIpc) is 3.02. The van der Waals surface area contributed by atoms with Crippen molar-refractivity contribution in [3.05, 3.63) is 77.6 Å². The van der Waals surface area contributed by atoms with Gasteiger partial charge in [-0.1, -0.05) is 54.6 Å². The fraction of sp³-hybridized carbons (Fsp3) is 0.222. The predicted molar refractivity (Wildman–Crippen MR) is 95.5 cm³/mol. The lowest BCUT2D eigenvalue weighted by Gasteiger charge is -2.09. The Morgan fingerprint density at radius 2 is 1.76 bits per heavy atom. The number of aromatic nitrogens is 3. The van der Waals surface area contributed by atoms with Crippen LogP contribution in [0.2, 0.25) is 0 Å². The molecule has 3 aromatic rings. The maximum absolute atomic E-state index is 11.3. The Balaban J connectivity index is 1.65. The number of hydrogen-bond acceptors (Lipinski definition) is 4. The van der Waals surface area contributed by atoms with Crippen LogP contribution in [-0.4, -0.2) is 23.4 Å². The zero-order valence-corrected chi connectivity index (χ0v) is 14.7. The van der Waals surface area contributed by atoms with Crippen LogP contribution in [-0.2, 0) is 23.0 Å². The second-order valence-electron chi connectivity index (χ2n) is 6.11. The Hall–Kier alpha value is -2.51. The molecule has 0 spiro atoms. The third kappa shape index (κ3) is 4.52. The Bertz CT molecular complexity index is 935. The first-order valence-corrected chi connectivity index (χ1v) is 9.52. The number of rotatable bonds is 6. The van der Waals surface area contributed by atoms with E-state index in [1.807, 2.05) is 24.4 Å². The first kappa shape index (κ1) is 17.3. The minimum atomic E-state index is -3.66. The first-order valence-electron chi connectivity index (χ1n) is 7.97. The van der Waals surface area contributed by atoms with Crippen molar-refractivity contribution in [1.82, 2.24) is 15.0 Å². The van der Waals surface area contributed by atoms with Gasteiger partial charge in [-0.25, -0.2) is 18.2 Å². The van der Waals surface area contributed by atoms with Gasteiger partial charge in [0.1, 0.15) is 0 Å². The maximum Gasteiger partial charge on any atom is 0.238 e. The van der Waals surface area contributed by atoms with Crippen molar-refractivity contribution in [3.8, 4) is 0 Å². The average molecular weight is 356 g/mol. The lowest BCUT2D eigenvalue weighted by atomic mass is 9.97. The number of hydrogen-bond donors (Lipinski definition) is 1. The van der Waals surface area contributed by atoms with E-state index in [-0.39, 0.29) is 4.90 Å². The summed E-state index contributed by atoms with van der Waals surface area (Å²) in [5.74, 6) is 0.361. The third-order valence-electron chi connectivity index (χ3n) is 4.07. The van der Waals surface area contributed by atoms with Crippen LogP contribution >= 0.6 is 0 Å². The maximum atomic E-state index is 11.3. The molecule has 1 heterocycles. The molecule has 7 heteroatoms. The number of nitrogens with two attached hydrogens (primary N) is 1. The molecule has 0 unspecified atom stereocenters. The van der Waals surface area contributed by atoms with E-state index in [0.29, 0.717) is 12.5 Å². The van der Waals surface area contributed by atoms with Crippen molar-refractivity contribution in [2.24, 2.45) is 5.14 Å². The Morgan fingerprint density at radius 1 is 1.08 bits per heavy atom. The highest BCUT2D eigenvalue weighted by Gasteiger charge is 2.10. The van der Waals surface area contributed by atoms with Crippen molar-refractivity contribution in [1.29, 1.82) is 0 Å². The Kier molecular flexibility index (Phi) is 4.96. The van der Waals surface area contributed by atoms with E-state index in [1.54, 1.807) is 16.8 Å². The minimum Gasteiger partial charge on any atom is -0.248 e. The highest BCUT2D eigenvalue weighted by molar-refractivity contribution is 7.89. The van der Waals surface area contributed by atoms with Gasteiger partial charge >= 0.3 is 0 Å². The summed E-state index contributed by atoms with van der Waals surface area (Å²) < 4.78 is 24.3. The lowest BCUT2D eigenvalue weighted by molar-refractivity contribution is 0.597. The summed E-state index contributed by atoms with van der Waals surface area (Å²) in [6, 6.07) is 16.8. The van der Waals surface area contributed by atoms with Crippen LogP contribution in [0, 0.1) is 0 Å². The van der Waals surface area contributed by atoms with Crippen LogP contribution in [0.1, 0.15) is 29.7 Å². The number of primary sulfonamides is 1. The molecule has 130 valence electrons. The van der Waals surface area contributed by atoms with E-state index in [0.717, 1.165) is 17.7 Å². The molecule has 0 radical (unpaired) electrons. The van der Waals surface area contributed by atoms with Gasteiger partial charge in [-0.05, 0) is 35.6 Å². The van der Waals surface area contributed by atoms with Crippen LogP contribution in [0.25, 0.3) is 0 Å². The van der Waals surface area contributed by atoms with E-state index >= 15 is 0 Å². The molecule has 0 aliphatic heterocycles. The second kappa shape index (κ2) is 7.16. The molecule has 2 N–H and O–H groups in total. The summed E-state index contributed by atoms with van der Waals surface area (Å²) >= 11 is 0. The molecular formula is C18H20N4O2S. The molecule has 3 rings (SSSR count). The van der Waals surface area contributed by atoms with E-state index in [4.69, 9.17) is 5.14 Å². The van der Waals surface area contributed by atoms with Crippen LogP contribution in [0.15, 0.2) is 65.7 Å². The van der Waals surface area contributed by atoms with Crippen molar-refractivity contribution >= 4 is 10.0 Å². The molecule has 25 heavy (non-hydrogen) atoms. The third-order valence-corrected chi connectivity index (χ3v) is 5.00. The summed E-state index contributed by atoms with van der Waals surface area (Å²) in [6.45, 7) is 2.69. The molecule has 0 aliphatic carbocycles. The van der Waals surface area contributed by atoms with Gasteiger partial charge in [-0.15, -0.1) is 5.10 Å². The van der Waals surface area contributed by atoms with Crippen molar-refractivity contribution in [3.63, 3.8) is 0 Å². The first-order chi connectivity index (χ1) is 11.9. The largest absolute Gasteiger partial charge is 0.248 e. The Morgan fingerprint density at radius 3 is 2.40 bits per heavy atom. The van der Waals surface area contributed by atoms with Crippen molar-refractivity contribution in [2.45, 2.75) is 30.7 Å². The molecule has 0 amide bonds. The van der Waals surface area contributed by atoms with E-state index in [9.17, 15) is 8.42 Å². The summed E-state index contributed by atoms with van der Waals surface area (Å²) in [5, 5.41) is 13.5. The molecule has 1 atom stereocenters. The minimum absolute atomic E-state index is 0.104. The smallest absolute Gasteiger partial charge is 0.238 e. The summed E-state index contributed by atoms with van der Waals surface area (Å²) in [7, 11) is -3.66. The highest BCUT2D eigenvalue weighted by Crippen LogP contribution is 2.19. The van der Waals surface area contributed by atoms with Gasteiger partial charge in [0.2, 0.25) is 10.0 Å². The van der Waals surface area contributed by atoms with Crippen molar-refractivity contribution < 1.29 is 8.42 Å². The fourth-order valence-corrected chi connectivity index (χ4v) is 3.21. The highest BCUT2D eigenvalue weighted by atomic mass is 32.2. The molecule has 2 aromatic carbocycles. The van der Waals surface area contributed by atoms with Gasteiger partial charge < -0.3 is 0 Å². The molecule has 0 fully saturated rings. The van der Waals surface area contributed by atoms with Gasteiger partial charge in [-0.3, -0.25) is 0 Å². The van der Waals surface area contributed by atoms with Gasteiger partial charge in [0, 0.05) is 6.20 Å². The summed E-state index contributed by atoms with van der Waals surface area (Å²) in [4.78, 5) is 0.104. The SMILES string of the molecule is C[C@@H](Cc1cn(Cc2ccc(S(N)(=O)=O)cc2)nn1)c1ccccc1. The van der Waals surface area contributed by atoms with Crippen LogP contribution in [0.3, 0.4) is 0 Å². The second-order valence-corrected chi connectivity index (χ2v) is 7.67. The predicted octanol–water partition coefficient (Wildman–Crippen LogP) is 2.32. The monoisotopic (exact) mass is 356 g/mol. The quantitative estimate of drug-likeness (QED) is 0.734. The normalized spacial score (nSPS) is 12.9. The van der Waals surface area contributed by atoms with E-state index < -0.39 is 10.0 Å². The summed E-state index contributed by atoms with van der Waals surface area (Å²) in [6.07, 6.45) is 2.74. The standard InChI is InChI=1S/C18H20N4O2S/c1-14(16-5-3-2-4-6-16)11-17-13-22(21-20-17)12-15-7-9-18(10-8-15)25(19,23)24/h2-10,13-14H,11-12H2,1H3,(H2,19,23,24)/t14-/m0/s1. The van der Waals surface area contributed by atoms with Crippen molar-refractivity contribution in [2.75, 3.05) is 0 Å². The fourth-order valence-electron chi connectivity index (χ4n) is 2.69. The summed E-state index contributed by atoms with van der Waals surface area (Å²) in [5.41, 5.74) is 3.13. The molecule has 0 saturated carbocycles. The molecule has 0 bridgehead atoms. The number of benzene rings is 2. The van der Waals surface area contributed by atoms with Crippen LogP contribution in [0.4, 0.5) is 0 Å². The van der Waals surface area contributed by atoms with Crippen LogP contribution in [0.5, 0.6) is 0 Å². The lowest BCUT2D eigenvalue weighted by Crippen LogP contribution is -2.12. The Labute approximate surface area is 147 Å². The molecule has 1 aromatic heterocycles. The number of nitrogens with zero attached hydrogens (tertiary/aromatic N) is 3. The molecular weight excluding hydrogens is 336 g/mol. The number of sulfonamides is 1. The van der Waals surface area contributed by atoms with Gasteiger partial charge in [0.25, 0.3) is 0 Å². The zero-order chi connectivity index (χ0) is 17.9. The van der Waals surface area contributed by atoms with Gasteiger partial charge in [0.15, 0.2) is 0 Å². The van der Waals surface area contributed by atoms with Crippen LogP contribution < -0.4 is 5.14 Å².